The van der Waals surface area contributed by atoms with Crippen LogP contribution in [-0.2, 0) is 15.3 Å². The number of aryl methyl sites for hydroxylation is 1. The van der Waals surface area contributed by atoms with Crippen molar-refractivity contribution >= 4 is 29.3 Å². The number of hydrogen-bond donors (Lipinski definition) is 1. The predicted molar refractivity (Wildman–Crippen MR) is 113 cm³/mol. The molecule has 0 aliphatic rings. The first-order chi connectivity index (χ1) is 15.0. The van der Waals surface area contributed by atoms with Crippen LogP contribution in [0, 0.1) is 6.92 Å². The largest absolute Gasteiger partial charge is 0.497 e. The number of thioether (sulfide) groups is 1. The maximum absolute atomic E-state index is 12.5. The molecule has 0 unspecified atom stereocenters. The van der Waals surface area contributed by atoms with Crippen LogP contribution in [0.2, 0.25) is 0 Å². The van der Waals surface area contributed by atoms with Gasteiger partial charge in [0, 0.05) is 24.1 Å². The Labute approximate surface area is 183 Å². The smallest absolute Gasteiger partial charge is 0.341 e. The van der Waals surface area contributed by atoms with E-state index in [0.29, 0.717) is 33.7 Å². The lowest BCUT2D eigenvalue weighted by Crippen LogP contribution is -2.21. The number of anilines is 1. The zero-order chi connectivity index (χ0) is 22.2. The zero-order valence-corrected chi connectivity index (χ0v) is 18.0. The fraction of sp³-hybridized carbons (Fsp3) is 0.238. The summed E-state index contributed by atoms with van der Waals surface area (Å²) in [7, 11) is 3.00. The molecule has 0 atom stereocenters. The second kappa shape index (κ2) is 10.5. The van der Waals surface area contributed by atoms with E-state index in [-0.39, 0.29) is 5.56 Å². The Morgan fingerprint density at radius 3 is 2.71 bits per heavy atom. The number of hydrogen-bond acceptors (Lipinski definition) is 9. The third-order valence-corrected chi connectivity index (χ3v) is 5.08. The first-order valence-corrected chi connectivity index (χ1v) is 10.2. The molecule has 0 aliphatic carbocycles. The van der Waals surface area contributed by atoms with Crippen molar-refractivity contribution in [1.29, 1.82) is 0 Å². The highest BCUT2D eigenvalue weighted by atomic mass is 32.2. The number of ether oxygens (including phenoxy) is 3. The van der Waals surface area contributed by atoms with Crippen molar-refractivity contribution in [2.24, 2.45) is 0 Å². The number of nitrogens with zero attached hydrogens (tertiary/aromatic N) is 2. The van der Waals surface area contributed by atoms with E-state index in [1.165, 1.54) is 26.0 Å². The van der Waals surface area contributed by atoms with Gasteiger partial charge in [-0.25, -0.2) is 9.78 Å². The molecule has 2 heterocycles. The number of rotatable bonds is 9. The lowest BCUT2D eigenvalue weighted by molar-refractivity contribution is -0.119. The summed E-state index contributed by atoms with van der Waals surface area (Å²) in [5.41, 5.74) is 1.40. The van der Waals surface area contributed by atoms with Crippen LogP contribution in [0.3, 0.4) is 0 Å². The SMILES string of the molecule is COc1ccc(OC)c(NC(=O)COC(=O)c2cccnc2SCc2cc(C)on2)c1. The van der Waals surface area contributed by atoms with Crippen molar-refractivity contribution in [2.45, 2.75) is 17.7 Å². The molecule has 3 aromatic rings. The highest BCUT2D eigenvalue weighted by Crippen LogP contribution is 2.29. The summed E-state index contributed by atoms with van der Waals surface area (Å²) in [5.74, 6) is 1.01. The molecule has 0 aliphatic heterocycles. The predicted octanol–water partition coefficient (Wildman–Crippen LogP) is 3.48. The van der Waals surface area contributed by atoms with Gasteiger partial charge in [-0.3, -0.25) is 4.79 Å². The average molecular weight is 443 g/mol. The lowest BCUT2D eigenvalue weighted by atomic mass is 10.2. The topological polar surface area (TPSA) is 113 Å². The van der Waals surface area contributed by atoms with Gasteiger partial charge in [0.2, 0.25) is 0 Å². The first kappa shape index (κ1) is 22.2. The Morgan fingerprint density at radius 1 is 1.16 bits per heavy atom. The summed E-state index contributed by atoms with van der Waals surface area (Å²) >= 11 is 1.32. The second-order valence-corrected chi connectivity index (χ2v) is 7.23. The van der Waals surface area contributed by atoms with Gasteiger partial charge in [0.15, 0.2) is 6.61 Å². The maximum Gasteiger partial charge on any atom is 0.341 e. The number of nitrogens with one attached hydrogen (secondary N) is 1. The molecule has 0 saturated carbocycles. The fourth-order valence-corrected chi connectivity index (χ4v) is 3.46. The number of amides is 1. The molecule has 10 heteroatoms. The Kier molecular flexibility index (Phi) is 7.50. The van der Waals surface area contributed by atoms with Gasteiger partial charge >= 0.3 is 5.97 Å². The van der Waals surface area contributed by atoms with E-state index >= 15 is 0 Å². The van der Waals surface area contributed by atoms with Gasteiger partial charge < -0.3 is 24.1 Å². The van der Waals surface area contributed by atoms with Crippen molar-refractivity contribution in [3.05, 3.63) is 59.6 Å². The Balaban J connectivity index is 1.60. The monoisotopic (exact) mass is 443 g/mol. The third-order valence-electron chi connectivity index (χ3n) is 4.04. The van der Waals surface area contributed by atoms with Gasteiger partial charge in [-0.2, -0.15) is 0 Å². The van der Waals surface area contributed by atoms with Crippen LogP contribution in [-0.4, -0.2) is 42.8 Å². The summed E-state index contributed by atoms with van der Waals surface area (Å²) in [6.45, 7) is 1.33. The summed E-state index contributed by atoms with van der Waals surface area (Å²) in [4.78, 5) is 29.0. The third kappa shape index (κ3) is 5.98. The molecule has 0 saturated heterocycles. The number of aromatic nitrogens is 2. The van der Waals surface area contributed by atoms with E-state index in [1.807, 2.05) is 6.07 Å². The summed E-state index contributed by atoms with van der Waals surface area (Å²) in [5, 5.41) is 7.04. The van der Waals surface area contributed by atoms with Crippen LogP contribution >= 0.6 is 11.8 Å². The van der Waals surface area contributed by atoms with Gasteiger partial charge in [0.25, 0.3) is 5.91 Å². The number of carbonyl (C=O) groups excluding carboxylic acids is 2. The van der Waals surface area contributed by atoms with Gasteiger partial charge in [0.1, 0.15) is 22.3 Å². The number of pyridine rings is 1. The molecule has 2 aromatic heterocycles. The Hall–Kier alpha value is -3.53. The standard InChI is InChI=1S/C21H21N3O6S/c1-13-9-14(24-30-13)12-31-20-16(5-4-8-22-20)21(26)29-11-19(25)23-17-10-15(27-2)6-7-18(17)28-3/h4-10H,11-12H2,1-3H3,(H,23,25). The van der Waals surface area contributed by atoms with Crippen molar-refractivity contribution in [3.8, 4) is 11.5 Å². The lowest BCUT2D eigenvalue weighted by Gasteiger charge is -2.12. The molecule has 162 valence electrons. The number of methoxy groups -OCH3 is 2. The van der Waals surface area contributed by atoms with E-state index in [2.05, 4.69) is 15.5 Å². The summed E-state index contributed by atoms with van der Waals surface area (Å²) in [6, 6.07) is 10.0. The summed E-state index contributed by atoms with van der Waals surface area (Å²) < 4.78 is 20.6. The molecular formula is C21H21N3O6S. The summed E-state index contributed by atoms with van der Waals surface area (Å²) in [6.07, 6.45) is 1.58. The Morgan fingerprint density at radius 2 is 2.00 bits per heavy atom. The molecule has 0 bridgehead atoms. The van der Waals surface area contributed by atoms with Crippen molar-refractivity contribution in [2.75, 3.05) is 26.1 Å². The normalized spacial score (nSPS) is 10.4. The number of benzene rings is 1. The van der Waals surface area contributed by atoms with Gasteiger partial charge in [-0.1, -0.05) is 16.9 Å². The first-order valence-electron chi connectivity index (χ1n) is 9.19. The van der Waals surface area contributed by atoms with Crippen molar-refractivity contribution in [1.82, 2.24) is 10.1 Å². The van der Waals surface area contributed by atoms with Crippen LogP contribution < -0.4 is 14.8 Å². The van der Waals surface area contributed by atoms with Crippen LogP contribution in [0.4, 0.5) is 5.69 Å². The van der Waals surface area contributed by atoms with Crippen molar-refractivity contribution < 1.29 is 28.3 Å². The van der Waals surface area contributed by atoms with Crippen LogP contribution in [0.5, 0.6) is 11.5 Å². The highest BCUT2D eigenvalue weighted by Gasteiger charge is 2.17. The molecule has 3 rings (SSSR count). The molecule has 1 aromatic carbocycles. The molecule has 0 spiro atoms. The maximum atomic E-state index is 12.5. The quantitative estimate of drug-likeness (QED) is 0.392. The number of esters is 1. The van der Waals surface area contributed by atoms with E-state index in [1.54, 1.807) is 43.5 Å². The van der Waals surface area contributed by atoms with Crippen LogP contribution in [0.1, 0.15) is 21.8 Å². The molecule has 31 heavy (non-hydrogen) atoms. The minimum absolute atomic E-state index is 0.263. The van der Waals surface area contributed by atoms with E-state index in [0.717, 1.165) is 5.69 Å². The molecule has 9 nitrogen and oxygen atoms in total. The molecule has 1 N–H and O–H groups in total. The molecular weight excluding hydrogens is 422 g/mol. The Bertz CT molecular complexity index is 1070. The minimum atomic E-state index is -0.653. The van der Waals surface area contributed by atoms with Gasteiger partial charge in [0.05, 0.1) is 31.2 Å². The minimum Gasteiger partial charge on any atom is -0.497 e. The molecule has 0 fully saturated rings. The van der Waals surface area contributed by atoms with E-state index in [9.17, 15) is 9.59 Å². The van der Waals surface area contributed by atoms with E-state index in [4.69, 9.17) is 18.7 Å². The number of carbonyl (C=O) groups is 2. The van der Waals surface area contributed by atoms with Crippen LogP contribution in [0.15, 0.2) is 52.1 Å². The second-order valence-electron chi connectivity index (χ2n) is 6.26. The van der Waals surface area contributed by atoms with Crippen LogP contribution in [0.25, 0.3) is 0 Å². The van der Waals surface area contributed by atoms with E-state index < -0.39 is 18.5 Å². The highest BCUT2D eigenvalue weighted by molar-refractivity contribution is 7.98. The van der Waals surface area contributed by atoms with Gasteiger partial charge in [-0.15, -0.1) is 0 Å². The van der Waals surface area contributed by atoms with Gasteiger partial charge in [-0.05, 0) is 31.2 Å². The fourth-order valence-electron chi connectivity index (χ4n) is 2.60. The average Bonchev–Trinajstić information content (AvgIpc) is 3.21. The zero-order valence-electron chi connectivity index (χ0n) is 17.2. The van der Waals surface area contributed by atoms with Crippen molar-refractivity contribution in [3.63, 3.8) is 0 Å². The molecule has 1 amide bonds. The molecule has 0 radical (unpaired) electrons.